The fourth-order valence-corrected chi connectivity index (χ4v) is 2.67. The van der Waals surface area contributed by atoms with Crippen molar-refractivity contribution in [1.29, 1.82) is 0 Å². The largest absolute Gasteiger partial charge is 0.360 e. The lowest BCUT2D eigenvalue weighted by Gasteiger charge is -2.47. The first-order chi connectivity index (χ1) is 10.2. The normalized spacial score (nSPS) is 17.8. The summed E-state index contributed by atoms with van der Waals surface area (Å²) in [5, 5.41) is 0. The van der Waals surface area contributed by atoms with E-state index in [0.29, 0.717) is 20.9 Å². The lowest BCUT2D eigenvalue weighted by Crippen LogP contribution is -2.72. The van der Waals surface area contributed by atoms with Gasteiger partial charge in [-0.3, -0.25) is 0 Å². The molecule has 1 heterocycles. The van der Waals surface area contributed by atoms with Crippen molar-refractivity contribution in [2.24, 2.45) is 0 Å². The Morgan fingerprint density at radius 1 is 0.818 bits per heavy atom. The summed E-state index contributed by atoms with van der Waals surface area (Å²) < 4.78 is 31.7. The first kappa shape index (κ1) is 19.7. The van der Waals surface area contributed by atoms with Gasteiger partial charge in [0.2, 0.25) is 0 Å². The number of benzene rings is 1. The van der Waals surface area contributed by atoms with Crippen LogP contribution in [0.4, 0.5) is 8.78 Å². The predicted molar refractivity (Wildman–Crippen MR) is 97.2 cm³/mol. The standard InChI is InChI=1S/C7H5BrF2.C6H18B3N3/c8-6-3-1-5(2-4-6)7(9)10;1-7-10(4)8(2)12(6)9(3)11(7)5/h1-4,7H;1-6H3. The lowest BCUT2D eigenvalue weighted by atomic mass is 9.46. The Bertz CT molecular complexity index is 408. The second kappa shape index (κ2) is 8.48. The maximum Gasteiger partial charge on any atom is 0.286 e. The maximum atomic E-state index is 11.9. The molecule has 120 valence electrons. The maximum absolute atomic E-state index is 11.9. The molecule has 0 atom stereocenters. The number of nitrogens with zero attached hydrogens (tertiary/aromatic N) is 3. The van der Waals surface area contributed by atoms with Gasteiger partial charge in [0.15, 0.2) is 0 Å². The van der Waals surface area contributed by atoms with E-state index in [1.807, 2.05) is 0 Å². The van der Waals surface area contributed by atoms with Gasteiger partial charge in [-0.2, -0.15) is 0 Å². The number of halogens is 3. The highest BCUT2D eigenvalue weighted by molar-refractivity contribution is 9.10. The minimum Gasteiger partial charge on any atom is -0.360 e. The highest BCUT2D eigenvalue weighted by Gasteiger charge is 2.40. The second-order valence-corrected chi connectivity index (χ2v) is 6.66. The molecule has 0 N–H and O–H groups in total. The molecule has 0 amide bonds. The van der Waals surface area contributed by atoms with Gasteiger partial charge in [-0.1, -0.05) is 48.5 Å². The van der Waals surface area contributed by atoms with Gasteiger partial charge < -0.3 is 14.2 Å². The zero-order valence-electron chi connectivity index (χ0n) is 14.1. The van der Waals surface area contributed by atoms with Crippen molar-refractivity contribution in [3.05, 3.63) is 34.3 Å². The van der Waals surface area contributed by atoms with Crippen LogP contribution in [0.2, 0.25) is 20.5 Å². The Kier molecular flexibility index (Phi) is 7.58. The summed E-state index contributed by atoms with van der Waals surface area (Å²) in [6.45, 7) is 8.35. The number of alkyl halides is 2. The van der Waals surface area contributed by atoms with Crippen molar-refractivity contribution in [3.63, 3.8) is 0 Å². The Labute approximate surface area is 142 Å². The van der Waals surface area contributed by atoms with Gasteiger partial charge in [-0.25, -0.2) is 8.78 Å². The molecule has 0 aliphatic carbocycles. The molecular formula is C13H23B3BrF2N3. The van der Waals surface area contributed by atoms with Crippen LogP contribution in [0.15, 0.2) is 28.7 Å². The van der Waals surface area contributed by atoms with Gasteiger partial charge in [0.25, 0.3) is 27.4 Å². The average molecular weight is 372 g/mol. The minimum absolute atomic E-state index is 0.0585. The zero-order valence-corrected chi connectivity index (χ0v) is 15.7. The Balaban J connectivity index is 0.000000224. The van der Waals surface area contributed by atoms with E-state index in [1.54, 1.807) is 12.1 Å². The fourth-order valence-electron chi connectivity index (χ4n) is 2.41. The molecule has 9 heteroatoms. The van der Waals surface area contributed by atoms with Crippen LogP contribution in [0.3, 0.4) is 0 Å². The Morgan fingerprint density at radius 2 is 1.14 bits per heavy atom. The van der Waals surface area contributed by atoms with Crippen molar-refractivity contribution >= 4 is 36.9 Å². The summed E-state index contributed by atoms with van der Waals surface area (Å²) in [7, 11) is 6.52. The van der Waals surface area contributed by atoms with Crippen LogP contribution in [0.25, 0.3) is 0 Å². The average Bonchev–Trinajstić information content (AvgIpc) is 2.50. The summed E-state index contributed by atoms with van der Waals surface area (Å²) in [6, 6.07) is 5.99. The molecular weight excluding hydrogens is 348 g/mol. The number of hydrogen-bond acceptors (Lipinski definition) is 3. The van der Waals surface area contributed by atoms with Crippen molar-refractivity contribution in [2.75, 3.05) is 21.1 Å². The minimum atomic E-state index is -2.37. The third-order valence-corrected chi connectivity index (χ3v) is 5.19. The molecule has 1 aliphatic rings. The molecule has 1 aliphatic heterocycles. The number of rotatable bonds is 1. The molecule has 22 heavy (non-hydrogen) atoms. The van der Waals surface area contributed by atoms with E-state index in [1.165, 1.54) is 12.1 Å². The van der Waals surface area contributed by atoms with E-state index < -0.39 is 6.43 Å². The monoisotopic (exact) mass is 371 g/mol. The summed E-state index contributed by atoms with van der Waals surface area (Å²) >= 11 is 3.15. The van der Waals surface area contributed by atoms with Crippen molar-refractivity contribution in [1.82, 2.24) is 14.2 Å². The summed E-state index contributed by atoms with van der Waals surface area (Å²) in [5.74, 6) is 0. The molecule has 2 rings (SSSR count). The lowest BCUT2D eigenvalue weighted by molar-refractivity contribution is 0.151. The molecule has 0 radical (unpaired) electrons. The van der Waals surface area contributed by atoms with Crippen molar-refractivity contribution in [2.45, 2.75) is 26.9 Å². The first-order valence-corrected chi connectivity index (χ1v) is 8.15. The molecule has 0 saturated carbocycles. The van der Waals surface area contributed by atoms with Gasteiger partial charge in [0.1, 0.15) is 0 Å². The van der Waals surface area contributed by atoms with Crippen molar-refractivity contribution in [3.8, 4) is 0 Å². The molecule has 0 bridgehead atoms. The van der Waals surface area contributed by atoms with Crippen LogP contribution >= 0.6 is 15.9 Å². The fraction of sp³-hybridized carbons (Fsp3) is 0.538. The highest BCUT2D eigenvalue weighted by Crippen LogP contribution is 2.20. The van der Waals surface area contributed by atoms with E-state index in [4.69, 9.17) is 0 Å². The predicted octanol–water partition coefficient (Wildman–Crippen LogP) is 3.54. The molecule has 1 aromatic rings. The van der Waals surface area contributed by atoms with Gasteiger partial charge in [0, 0.05) is 10.0 Å². The van der Waals surface area contributed by atoms with E-state index in [9.17, 15) is 8.78 Å². The van der Waals surface area contributed by atoms with Gasteiger partial charge >= 0.3 is 0 Å². The van der Waals surface area contributed by atoms with E-state index >= 15 is 0 Å². The zero-order chi connectivity index (χ0) is 17.0. The summed E-state index contributed by atoms with van der Waals surface area (Å²) in [6.07, 6.45) is -2.37. The summed E-state index contributed by atoms with van der Waals surface area (Å²) in [4.78, 5) is 0. The third-order valence-electron chi connectivity index (χ3n) is 4.66. The quantitative estimate of drug-likeness (QED) is 0.699. The smallest absolute Gasteiger partial charge is 0.286 e. The van der Waals surface area contributed by atoms with E-state index in [-0.39, 0.29) is 5.56 Å². The number of hydrogen-bond donors (Lipinski definition) is 0. The molecule has 0 spiro atoms. The molecule has 0 unspecified atom stereocenters. The molecule has 1 fully saturated rings. The van der Waals surface area contributed by atoms with Crippen LogP contribution in [-0.4, -0.2) is 56.3 Å². The van der Waals surface area contributed by atoms with Crippen molar-refractivity contribution < 1.29 is 8.78 Å². The topological polar surface area (TPSA) is 9.72 Å². The van der Waals surface area contributed by atoms with Crippen LogP contribution in [0, 0.1) is 0 Å². The van der Waals surface area contributed by atoms with Crippen LogP contribution in [0.5, 0.6) is 0 Å². The molecule has 0 aromatic heterocycles. The van der Waals surface area contributed by atoms with E-state index in [2.05, 4.69) is 71.7 Å². The second-order valence-electron chi connectivity index (χ2n) is 5.74. The van der Waals surface area contributed by atoms with Gasteiger partial charge in [-0.05, 0) is 33.3 Å². The molecule has 1 saturated heterocycles. The van der Waals surface area contributed by atoms with Gasteiger partial charge in [-0.15, -0.1) is 0 Å². The van der Waals surface area contributed by atoms with Crippen LogP contribution < -0.4 is 0 Å². The SMILES string of the molecule is CB1N(C)B(C)N(C)B(C)N1C.FC(F)c1ccc(Br)cc1. The third kappa shape index (κ3) is 4.81. The Hall–Kier alpha value is -0.365. The molecule has 1 aromatic carbocycles. The molecule has 3 nitrogen and oxygen atoms in total. The highest BCUT2D eigenvalue weighted by atomic mass is 79.9. The van der Waals surface area contributed by atoms with Gasteiger partial charge in [0.05, 0.1) is 0 Å². The Morgan fingerprint density at radius 3 is 1.41 bits per heavy atom. The van der Waals surface area contributed by atoms with Crippen LogP contribution in [-0.2, 0) is 0 Å². The van der Waals surface area contributed by atoms with E-state index in [0.717, 1.165) is 4.47 Å². The van der Waals surface area contributed by atoms with Crippen LogP contribution in [0.1, 0.15) is 12.0 Å². The first-order valence-electron chi connectivity index (χ1n) is 7.36. The summed E-state index contributed by atoms with van der Waals surface area (Å²) in [5.41, 5.74) is 0.0585.